The lowest BCUT2D eigenvalue weighted by atomic mass is 10.2. The van der Waals surface area contributed by atoms with Gasteiger partial charge in [0.25, 0.3) is 0 Å². The predicted octanol–water partition coefficient (Wildman–Crippen LogP) is 2.44. The first-order chi connectivity index (χ1) is 8.26. The summed E-state index contributed by atoms with van der Waals surface area (Å²) in [6.07, 6.45) is 5.21. The average Bonchev–Trinajstić information content (AvgIpc) is 2.79. The molecule has 0 unspecified atom stereocenters. The Morgan fingerprint density at radius 1 is 1.29 bits per heavy atom. The number of aromatic nitrogens is 1. The molecule has 2 aromatic heterocycles. The Kier molecular flexibility index (Phi) is 3.69. The number of nitrogens with zero attached hydrogens (tertiary/aromatic N) is 2. The van der Waals surface area contributed by atoms with Gasteiger partial charge in [-0.25, -0.2) is 0 Å². The maximum atomic E-state index is 5.43. The summed E-state index contributed by atoms with van der Waals surface area (Å²) in [7, 11) is 3.87. The van der Waals surface area contributed by atoms with Crippen molar-refractivity contribution in [3.05, 3.63) is 36.2 Å². The van der Waals surface area contributed by atoms with Crippen LogP contribution < -0.4 is 4.74 Å². The summed E-state index contributed by atoms with van der Waals surface area (Å²) in [5, 5.41) is 0. The van der Waals surface area contributed by atoms with E-state index >= 15 is 0 Å². The van der Waals surface area contributed by atoms with Crippen LogP contribution in [0.4, 0.5) is 0 Å². The highest BCUT2D eigenvalue weighted by Crippen LogP contribution is 2.24. The minimum Gasteiger partial charge on any atom is -0.495 e. The molecule has 0 atom stereocenters. The quantitative estimate of drug-likeness (QED) is 0.787. The average molecular weight is 232 g/mol. The third-order valence-electron chi connectivity index (χ3n) is 3.25. The van der Waals surface area contributed by atoms with Crippen LogP contribution in [0.15, 0.2) is 30.6 Å². The van der Waals surface area contributed by atoms with Crippen LogP contribution in [-0.2, 0) is 6.42 Å². The zero-order chi connectivity index (χ0) is 12.3. The maximum Gasteiger partial charge on any atom is 0.143 e. The molecule has 0 spiro atoms. The van der Waals surface area contributed by atoms with Crippen molar-refractivity contribution < 1.29 is 4.74 Å². The van der Waals surface area contributed by atoms with Crippen molar-refractivity contribution in [3.63, 3.8) is 0 Å². The van der Waals surface area contributed by atoms with E-state index in [-0.39, 0.29) is 0 Å². The van der Waals surface area contributed by atoms with Crippen molar-refractivity contribution in [1.29, 1.82) is 0 Å². The lowest BCUT2D eigenvalue weighted by Crippen LogP contribution is -2.20. The van der Waals surface area contributed by atoms with Gasteiger partial charge in [-0.05, 0) is 43.8 Å². The lowest BCUT2D eigenvalue weighted by molar-refractivity contribution is 0.357. The Morgan fingerprint density at radius 3 is 2.82 bits per heavy atom. The van der Waals surface area contributed by atoms with Crippen LogP contribution in [0, 0.1) is 0 Å². The van der Waals surface area contributed by atoms with Crippen molar-refractivity contribution in [2.24, 2.45) is 0 Å². The summed E-state index contributed by atoms with van der Waals surface area (Å²) in [5.41, 5.74) is 2.54. The highest BCUT2D eigenvalue weighted by atomic mass is 16.5. The molecule has 0 saturated heterocycles. The van der Waals surface area contributed by atoms with Gasteiger partial charge in [0.05, 0.1) is 12.6 Å². The van der Waals surface area contributed by atoms with Crippen LogP contribution >= 0.6 is 0 Å². The van der Waals surface area contributed by atoms with Crippen LogP contribution in [0.2, 0.25) is 0 Å². The summed E-state index contributed by atoms with van der Waals surface area (Å²) in [5.74, 6) is 0.951. The molecule has 0 amide bonds. The molecule has 0 bridgehead atoms. The van der Waals surface area contributed by atoms with Crippen LogP contribution in [-0.4, -0.2) is 36.5 Å². The standard InChI is InChI=1S/C14H20N2O/c1-4-15(2)10-7-12-8-11-16-9-5-6-13(17-3)14(12)16/h5-6,8-9,11H,4,7,10H2,1-3H3. The van der Waals surface area contributed by atoms with Crippen molar-refractivity contribution in [3.8, 4) is 5.75 Å². The molecule has 0 aliphatic rings. The van der Waals surface area contributed by atoms with Gasteiger partial charge in [-0.1, -0.05) is 6.92 Å². The lowest BCUT2D eigenvalue weighted by Gasteiger charge is -2.13. The van der Waals surface area contributed by atoms with Gasteiger partial charge in [0.1, 0.15) is 5.75 Å². The first-order valence-electron chi connectivity index (χ1n) is 6.07. The Hall–Kier alpha value is -1.48. The highest BCUT2D eigenvalue weighted by molar-refractivity contribution is 5.66. The molecule has 2 heterocycles. The second-order valence-corrected chi connectivity index (χ2v) is 4.32. The number of ether oxygens (including phenoxy) is 1. The van der Waals surface area contributed by atoms with Gasteiger partial charge in [-0.2, -0.15) is 0 Å². The summed E-state index contributed by atoms with van der Waals surface area (Å²) < 4.78 is 7.55. The molecular weight excluding hydrogens is 212 g/mol. The Labute approximate surface area is 103 Å². The van der Waals surface area contributed by atoms with Crippen LogP contribution in [0.3, 0.4) is 0 Å². The molecule has 0 aliphatic carbocycles. The van der Waals surface area contributed by atoms with Crippen molar-refractivity contribution >= 4 is 5.52 Å². The SMILES string of the molecule is CCN(C)CCc1ccn2cccc(OC)c12. The van der Waals surface area contributed by atoms with E-state index in [4.69, 9.17) is 4.74 Å². The molecule has 0 N–H and O–H groups in total. The summed E-state index contributed by atoms with van der Waals surface area (Å²) in [4.78, 5) is 2.32. The van der Waals surface area contributed by atoms with E-state index in [0.29, 0.717) is 0 Å². The number of rotatable bonds is 5. The van der Waals surface area contributed by atoms with Gasteiger partial charge >= 0.3 is 0 Å². The molecule has 2 aromatic rings. The van der Waals surface area contributed by atoms with Crippen molar-refractivity contribution in [1.82, 2.24) is 9.30 Å². The Morgan fingerprint density at radius 2 is 2.12 bits per heavy atom. The minimum atomic E-state index is 0.951. The van der Waals surface area contributed by atoms with E-state index in [1.807, 2.05) is 12.1 Å². The number of pyridine rings is 1. The zero-order valence-corrected chi connectivity index (χ0v) is 10.8. The second-order valence-electron chi connectivity index (χ2n) is 4.32. The largest absolute Gasteiger partial charge is 0.495 e. The van der Waals surface area contributed by atoms with Gasteiger partial charge < -0.3 is 14.0 Å². The number of methoxy groups -OCH3 is 1. The van der Waals surface area contributed by atoms with Gasteiger partial charge in [-0.15, -0.1) is 0 Å². The van der Waals surface area contributed by atoms with E-state index in [9.17, 15) is 0 Å². The van der Waals surface area contributed by atoms with Crippen LogP contribution in [0.25, 0.3) is 5.52 Å². The molecule has 0 radical (unpaired) electrons. The summed E-state index contributed by atoms with van der Waals surface area (Å²) in [6.45, 7) is 4.34. The molecule has 3 heteroatoms. The van der Waals surface area contributed by atoms with Gasteiger partial charge in [0.15, 0.2) is 0 Å². The van der Waals surface area contributed by atoms with Gasteiger partial charge in [0.2, 0.25) is 0 Å². The highest BCUT2D eigenvalue weighted by Gasteiger charge is 2.08. The minimum absolute atomic E-state index is 0.951. The fraction of sp³-hybridized carbons (Fsp3) is 0.429. The first-order valence-corrected chi connectivity index (χ1v) is 6.07. The number of fused-ring (bicyclic) bond motifs is 1. The molecule has 92 valence electrons. The number of likely N-dealkylation sites (N-methyl/N-ethyl adjacent to an activating group) is 1. The van der Waals surface area contributed by atoms with E-state index < -0.39 is 0 Å². The molecule has 0 aromatic carbocycles. The fourth-order valence-corrected chi connectivity index (χ4v) is 2.04. The van der Waals surface area contributed by atoms with E-state index in [1.54, 1.807) is 7.11 Å². The third kappa shape index (κ3) is 2.44. The van der Waals surface area contributed by atoms with Crippen molar-refractivity contribution in [2.45, 2.75) is 13.3 Å². The second kappa shape index (κ2) is 5.23. The molecule has 0 aliphatic heterocycles. The number of hydrogen-bond donors (Lipinski definition) is 0. The third-order valence-corrected chi connectivity index (χ3v) is 3.25. The number of hydrogen-bond acceptors (Lipinski definition) is 2. The smallest absolute Gasteiger partial charge is 0.143 e. The molecule has 17 heavy (non-hydrogen) atoms. The first kappa shape index (κ1) is 12.0. The summed E-state index contributed by atoms with van der Waals surface area (Å²) >= 11 is 0. The summed E-state index contributed by atoms with van der Waals surface area (Å²) in [6, 6.07) is 6.21. The Bertz CT molecular complexity index is 490. The molecule has 0 saturated carbocycles. The maximum absolute atomic E-state index is 5.43. The fourth-order valence-electron chi connectivity index (χ4n) is 2.04. The topological polar surface area (TPSA) is 16.9 Å². The predicted molar refractivity (Wildman–Crippen MR) is 70.8 cm³/mol. The monoisotopic (exact) mass is 232 g/mol. The van der Waals surface area contributed by atoms with E-state index in [1.165, 1.54) is 11.1 Å². The molecular formula is C14H20N2O. The van der Waals surface area contributed by atoms with E-state index in [0.717, 1.165) is 25.3 Å². The van der Waals surface area contributed by atoms with Crippen LogP contribution in [0.1, 0.15) is 12.5 Å². The molecule has 2 rings (SSSR count). The molecule has 0 fully saturated rings. The molecule has 3 nitrogen and oxygen atoms in total. The normalized spacial score (nSPS) is 11.3. The van der Waals surface area contributed by atoms with Crippen molar-refractivity contribution in [2.75, 3.05) is 27.2 Å². The van der Waals surface area contributed by atoms with E-state index in [2.05, 4.69) is 41.7 Å². The van der Waals surface area contributed by atoms with Crippen LogP contribution in [0.5, 0.6) is 5.75 Å². The Balaban J connectivity index is 2.28. The van der Waals surface area contributed by atoms with Gasteiger partial charge in [-0.3, -0.25) is 0 Å². The van der Waals surface area contributed by atoms with Gasteiger partial charge in [0, 0.05) is 18.9 Å². The zero-order valence-electron chi connectivity index (χ0n) is 10.8.